The predicted octanol–water partition coefficient (Wildman–Crippen LogP) is 2.29. The van der Waals surface area contributed by atoms with Crippen LogP contribution >= 0.6 is 0 Å². The van der Waals surface area contributed by atoms with Crippen molar-refractivity contribution in [1.82, 2.24) is 5.43 Å². The summed E-state index contributed by atoms with van der Waals surface area (Å²) in [5.41, 5.74) is 3.64. The predicted molar refractivity (Wildman–Crippen MR) is 88.2 cm³/mol. The van der Waals surface area contributed by atoms with E-state index in [2.05, 4.69) is 15.8 Å². The average molecular weight is 326 g/mol. The molecule has 2 N–H and O–H groups in total. The van der Waals surface area contributed by atoms with Gasteiger partial charge >= 0.3 is 0 Å². The highest BCUT2D eigenvalue weighted by Crippen LogP contribution is 2.15. The summed E-state index contributed by atoms with van der Waals surface area (Å²) < 4.78 is 18.0. The van der Waals surface area contributed by atoms with Crippen LogP contribution in [0.15, 0.2) is 53.6 Å². The quantitative estimate of drug-likeness (QED) is 0.604. The molecule has 2 rings (SSSR count). The molecule has 0 fully saturated rings. The highest BCUT2D eigenvalue weighted by molar-refractivity contribution is 5.86. The highest BCUT2D eigenvalue weighted by Gasteiger charge is 2.02. The van der Waals surface area contributed by atoms with Crippen LogP contribution in [0.5, 0.6) is 5.75 Å². The molecule has 7 heteroatoms. The Morgan fingerprint density at radius 3 is 2.75 bits per heavy atom. The summed E-state index contributed by atoms with van der Waals surface area (Å²) >= 11 is 0. The monoisotopic (exact) mass is 326 g/mol. The Morgan fingerprint density at radius 1 is 1.25 bits per heavy atom. The SMILES string of the molecule is N#CCOc1ccccc1/C=N\NC(=O)CNc1ccc(F)cc1. The van der Waals surface area contributed by atoms with Crippen LogP contribution in [0.25, 0.3) is 0 Å². The summed E-state index contributed by atoms with van der Waals surface area (Å²) in [6.45, 7) is -0.0750. The molecule has 0 aliphatic rings. The van der Waals surface area contributed by atoms with Gasteiger partial charge in [0, 0.05) is 11.3 Å². The van der Waals surface area contributed by atoms with Crippen molar-refractivity contribution in [3.8, 4) is 11.8 Å². The van der Waals surface area contributed by atoms with E-state index in [0.29, 0.717) is 17.0 Å². The normalized spacial score (nSPS) is 10.2. The first-order valence-electron chi connectivity index (χ1n) is 7.09. The molecule has 0 radical (unpaired) electrons. The summed E-state index contributed by atoms with van der Waals surface area (Å²) in [6, 6.07) is 14.6. The molecule has 0 saturated heterocycles. The summed E-state index contributed by atoms with van der Waals surface area (Å²) in [4.78, 5) is 11.7. The van der Waals surface area contributed by atoms with E-state index in [1.54, 1.807) is 24.3 Å². The number of hydrogen-bond donors (Lipinski definition) is 2. The number of carbonyl (C=O) groups is 1. The van der Waals surface area contributed by atoms with E-state index in [-0.39, 0.29) is 24.9 Å². The number of nitriles is 1. The molecule has 0 bridgehead atoms. The summed E-state index contributed by atoms with van der Waals surface area (Å²) in [5, 5.41) is 15.2. The van der Waals surface area contributed by atoms with Crippen molar-refractivity contribution in [2.24, 2.45) is 5.10 Å². The standard InChI is InChI=1S/C17H15FN4O2/c18-14-5-7-15(8-6-14)20-12-17(23)22-21-11-13-3-1-2-4-16(13)24-10-9-19/h1-8,11,20H,10,12H2,(H,22,23)/b21-11-. The molecule has 0 atom stereocenters. The second-order valence-electron chi connectivity index (χ2n) is 4.64. The number of hydrogen-bond acceptors (Lipinski definition) is 5. The van der Waals surface area contributed by atoms with E-state index in [1.807, 2.05) is 6.07 Å². The van der Waals surface area contributed by atoms with E-state index < -0.39 is 0 Å². The van der Waals surface area contributed by atoms with Crippen molar-refractivity contribution >= 4 is 17.8 Å². The number of hydrazone groups is 1. The zero-order chi connectivity index (χ0) is 17.2. The number of halogens is 1. The summed E-state index contributed by atoms with van der Waals surface area (Å²) in [6.07, 6.45) is 1.43. The minimum Gasteiger partial charge on any atom is -0.478 e. The molecule has 0 saturated carbocycles. The van der Waals surface area contributed by atoms with Gasteiger partial charge < -0.3 is 10.1 Å². The lowest BCUT2D eigenvalue weighted by Crippen LogP contribution is -2.25. The van der Waals surface area contributed by atoms with E-state index in [9.17, 15) is 9.18 Å². The second kappa shape index (κ2) is 8.90. The number of anilines is 1. The Hall–Kier alpha value is -3.40. The van der Waals surface area contributed by atoms with E-state index in [1.165, 1.54) is 30.5 Å². The van der Waals surface area contributed by atoms with Crippen LogP contribution in [0.3, 0.4) is 0 Å². The smallest absolute Gasteiger partial charge is 0.259 e. The lowest BCUT2D eigenvalue weighted by molar-refractivity contribution is -0.119. The Kier molecular flexibility index (Phi) is 6.29. The maximum absolute atomic E-state index is 12.8. The number of nitrogens with zero attached hydrogens (tertiary/aromatic N) is 2. The number of para-hydroxylation sites is 1. The van der Waals surface area contributed by atoms with Crippen LogP contribution < -0.4 is 15.5 Å². The fourth-order valence-corrected chi connectivity index (χ4v) is 1.79. The van der Waals surface area contributed by atoms with Crippen LogP contribution in [-0.4, -0.2) is 25.3 Å². The van der Waals surface area contributed by atoms with E-state index in [0.717, 1.165) is 0 Å². The van der Waals surface area contributed by atoms with Crippen molar-refractivity contribution in [1.29, 1.82) is 5.26 Å². The molecular formula is C17H15FN4O2. The number of carbonyl (C=O) groups excluding carboxylic acids is 1. The van der Waals surface area contributed by atoms with Gasteiger partial charge in [-0.05, 0) is 36.4 Å². The van der Waals surface area contributed by atoms with Gasteiger partial charge in [0.15, 0.2) is 6.61 Å². The van der Waals surface area contributed by atoms with Crippen LogP contribution in [0.2, 0.25) is 0 Å². The van der Waals surface area contributed by atoms with E-state index in [4.69, 9.17) is 10.00 Å². The molecule has 0 unspecified atom stereocenters. The van der Waals surface area contributed by atoms with Crippen LogP contribution in [0.1, 0.15) is 5.56 Å². The van der Waals surface area contributed by atoms with Gasteiger partial charge in [-0.25, -0.2) is 9.82 Å². The van der Waals surface area contributed by atoms with Gasteiger partial charge in [-0.15, -0.1) is 0 Å². The third-order valence-electron chi connectivity index (χ3n) is 2.90. The maximum Gasteiger partial charge on any atom is 0.259 e. The zero-order valence-corrected chi connectivity index (χ0v) is 12.7. The first kappa shape index (κ1) is 17.0. The Balaban J connectivity index is 1.84. The molecular weight excluding hydrogens is 311 g/mol. The first-order valence-corrected chi connectivity index (χ1v) is 7.09. The fourth-order valence-electron chi connectivity index (χ4n) is 1.79. The lowest BCUT2D eigenvalue weighted by atomic mass is 10.2. The largest absolute Gasteiger partial charge is 0.478 e. The van der Waals surface area contributed by atoms with Gasteiger partial charge in [0.1, 0.15) is 17.6 Å². The molecule has 24 heavy (non-hydrogen) atoms. The molecule has 0 aromatic heterocycles. The van der Waals surface area contributed by atoms with Gasteiger partial charge in [0.05, 0.1) is 12.8 Å². The van der Waals surface area contributed by atoms with Gasteiger partial charge in [0.2, 0.25) is 0 Å². The third-order valence-corrected chi connectivity index (χ3v) is 2.90. The molecule has 0 aliphatic carbocycles. The van der Waals surface area contributed by atoms with Crippen molar-refractivity contribution in [2.45, 2.75) is 0 Å². The van der Waals surface area contributed by atoms with Crippen LogP contribution in [0.4, 0.5) is 10.1 Å². The lowest BCUT2D eigenvalue weighted by Gasteiger charge is -2.06. The number of nitrogens with one attached hydrogen (secondary N) is 2. The maximum atomic E-state index is 12.8. The number of amides is 1. The van der Waals surface area contributed by atoms with Crippen molar-refractivity contribution in [3.63, 3.8) is 0 Å². The Labute approximate surface area is 138 Å². The Morgan fingerprint density at radius 2 is 2.00 bits per heavy atom. The zero-order valence-electron chi connectivity index (χ0n) is 12.7. The fraction of sp³-hybridized carbons (Fsp3) is 0.118. The first-order chi connectivity index (χ1) is 11.7. The molecule has 1 amide bonds. The number of rotatable bonds is 7. The molecule has 0 spiro atoms. The summed E-state index contributed by atoms with van der Waals surface area (Å²) in [5.74, 6) is -0.195. The minimum atomic E-state index is -0.356. The average Bonchev–Trinajstić information content (AvgIpc) is 2.60. The van der Waals surface area contributed by atoms with Crippen molar-refractivity contribution in [2.75, 3.05) is 18.5 Å². The van der Waals surface area contributed by atoms with E-state index >= 15 is 0 Å². The molecule has 0 aliphatic heterocycles. The highest BCUT2D eigenvalue weighted by atomic mass is 19.1. The van der Waals surface area contributed by atoms with Crippen molar-refractivity contribution < 1.29 is 13.9 Å². The van der Waals surface area contributed by atoms with Crippen LogP contribution in [-0.2, 0) is 4.79 Å². The third kappa shape index (κ3) is 5.42. The van der Waals surface area contributed by atoms with Gasteiger partial charge in [-0.3, -0.25) is 4.79 Å². The van der Waals surface area contributed by atoms with Gasteiger partial charge in [-0.2, -0.15) is 10.4 Å². The molecule has 122 valence electrons. The van der Waals surface area contributed by atoms with Gasteiger partial charge in [-0.1, -0.05) is 12.1 Å². The number of benzene rings is 2. The van der Waals surface area contributed by atoms with Crippen molar-refractivity contribution in [3.05, 3.63) is 59.9 Å². The second-order valence-corrected chi connectivity index (χ2v) is 4.64. The van der Waals surface area contributed by atoms with Crippen LogP contribution in [0, 0.1) is 17.1 Å². The Bertz CT molecular complexity index is 754. The number of ether oxygens (including phenoxy) is 1. The minimum absolute atomic E-state index is 0.00441. The molecule has 0 heterocycles. The molecule has 2 aromatic rings. The topological polar surface area (TPSA) is 86.5 Å². The van der Waals surface area contributed by atoms with Gasteiger partial charge in [0.25, 0.3) is 5.91 Å². The molecule has 2 aromatic carbocycles. The summed E-state index contributed by atoms with van der Waals surface area (Å²) in [7, 11) is 0. The molecule has 6 nitrogen and oxygen atoms in total.